The maximum absolute atomic E-state index is 12.4. The monoisotopic (exact) mass is 505 g/mol. The van der Waals surface area contributed by atoms with Gasteiger partial charge in [0.2, 0.25) is 0 Å². The molecule has 0 radical (unpaired) electrons. The van der Waals surface area contributed by atoms with Gasteiger partial charge in [-0.1, -0.05) is 46.0 Å². The minimum absolute atomic E-state index is 0.0275. The van der Waals surface area contributed by atoms with Crippen LogP contribution in [0.3, 0.4) is 0 Å². The summed E-state index contributed by atoms with van der Waals surface area (Å²) in [6.07, 6.45) is 3.15. The molecule has 0 aliphatic carbocycles. The topological polar surface area (TPSA) is 78.6 Å². The second-order valence-corrected chi connectivity index (χ2v) is 10.3. The first-order valence-corrected chi connectivity index (χ1v) is 12.6. The van der Waals surface area contributed by atoms with Crippen molar-refractivity contribution in [1.82, 2.24) is 4.98 Å². The Bertz CT molecular complexity index is 983. The smallest absolute Gasteiger partial charge is 0.453 e. The molecule has 2 aromatic heterocycles. The molecule has 0 spiro atoms. The van der Waals surface area contributed by atoms with Crippen LogP contribution in [0.5, 0.6) is 6.08 Å². The summed E-state index contributed by atoms with van der Waals surface area (Å²) < 4.78 is 52.6. The number of carbonyl (C=O) groups excluding carboxylic acids is 1. The highest BCUT2D eigenvalue weighted by atomic mass is 32.1. The molecule has 0 fully saturated rings. The quantitative estimate of drug-likeness (QED) is 0.200. The summed E-state index contributed by atoms with van der Waals surface area (Å²) in [5, 5.41) is 0.387. The van der Waals surface area contributed by atoms with Gasteiger partial charge in [0, 0.05) is 4.88 Å². The van der Waals surface area contributed by atoms with E-state index >= 15 is 0 Å². The fourth-order valence-corrected chi connectivity index (χ4v) is 4.64. The number of fused-ring (bicyclic) bond motifs is 1. The molecule has 0 bridgehead atoms. The highest BCUT2D eigenvalue weighted by Crippen LogP contribution is 2.33. The van der Waals surface area contributed by atoms with Crippen molar-refractivity contribution in [3.05, 3.63) is 21.4 Å². The number of alkyl halides is 3. The van der Waals surface area contributed by atoms with Gasteiger partial charge in [-0.05, 0) is 51.5 Å². The lowest BCUT2D eigenvalue weighted by Crippen LogP contribution is -2.35. The Hall–Kier alpha value is -2.10. The van der Waals surface area contributed by atoms with E-state index in [0.717, 1.165) is 24.1 Å². The van der Waals surface area contributed by atoms with Crippen molar-refractivity contribution in [2.45, 2.75) is 103 Å². The van der Waals surface area contributed by atoms with E-state index in [1.165, 1.54) is 44.4 Å². The molecule has 10 heteroatoms. The molecule has 2 aromatic rings. The number of hydrogen-bond acceptors (Lipinski definition) is 7. The summed E-state index contributed by atoms with van der Waals surface area (Å²) in [5.41, 5.74) is -1.73. The first-order valence-electron chi connectivity index (χ1n) is 11.8. The van der Waals surface area contributed by atoms with Crippen molar-refractivity contribution in [2.24, 2.45) is 0 Å². The number of thiophene rings is 1. The molecule has 0 aliphatic rings. The fourth-order valence-electron chi connectivity index (χ4n) is 3.55. The predicted molar refractivity (Wildman–Crippen MR) is 126 cm³/mol. The summed E-state index contributed by atoms with van der Waals surface area (Å²) in [4.78, 5) is 29.2. The van der Waals surface area contributed by atoms with E-state index in [0.29, 0.717) is 29.7 Å². The lowest BCUT2D eigenvalue weighted by Gasteiger charge is -2.26. The van der Waals surface area contributed by atoms with E-state index in [2.05, 4.69) is 16.6 Å². The van der Waals surface area contributed by atoms with E-state index in [1.807, 2.05) is 6.92 Å². The fraction of sp³-hybridized carbons (Fsp3) is 0.708. The number of rotatable bonds is 14. The van der Waals surface area contributed by atoms with E-state index in [1.54, 1.807) is 6.07 Å². The molecule has 1 atom stereocenters. The molecule has 2 heterocycles. The third kappa shape index (κ3) is 8.92. The van der Waals surface area contributed by atoms with Gasteiger partial charge >= 0.3 is 23.8 Å². The van der Waals surface area contributed by atoms with Gasteiger partial charge in [-0.3, -0.25) is 0 Å². The molecule has 2 rings (SSSR count). The second kappa shape index (κ2) is 12.6. The SMILES string of the molecule is CCCCCCCCOc1nc2sc(C(C)CCCC(C)(C)OC(=O)C(F)(F)F)cc2c(=O)o1. The molecular weight excluding hydrogens is 471 g/mol. The molecule has 0 aliphatic heterocycles. The van der Waals surface area contributed by atoms with Crippen molar-refractivity contribution < 1.29 is 31.9 Å². The molecule has 192 valence electrons. The summed E-state index contributed by atoms with van der Waals surface area (Å²) in [6, 6.07) is 1.75. The Morgan fingerprint density at radius 1 is 1.15 bits per heavy atom. The van der Waals surface area contributed by atoms with Crippen molar-refractivity contribution >= 4 is 27.5 Å². The highest BCUT2D eigenvalue weighted by molar-refractivity contribution is 7.18. The summed E-state index contributed by atoms with van der Waals surface area (Å²) in [6.45, 7) is 7.50. The zero-order valence-corrected chi connectivity index (χ0v) is 21.1. The third-order valence-electron chi connectivity index (χ3n) is 5.55. The van der Waals surface area contributed by atoms with E-state index in [-0.39, 0.29) is 18.4 Å². The van der Waals surface area contributed by atoms with Crippen LogP contribution in [0.4, 0.5) is 13.2 Å². The number of hydrogen-bond donors (Lipinski definition) is 0. The van der Waals surface area contributed by atoms with Crippen molar-refractivity contribution in [3.8, 4) is 6.08 Å². The Labute approximate surface area is 201 Å². The van der Waals surface area contributed by atoms with Gasteiger partial charge in [0.15, 0.2) is 0 Å². The van der Waals surface area contributed by atoms with Gasteiger partial charge in [0.05, 0.1) is 12.0 Å². The number of halogens is 3. The number of unbranched alkanes of at least 4 members (excludes halogenated alkanes) is 5. The Morgan fingerprint density at radius 2 is 1.82 bits per heavy atom. The van der Waals surface area contributed by atoms with Crippen LogP contribution in [0.2, 0.25) is 0 Å². The summed E-state index contributed by atoms with van der Waals surface area (Å²) in [7, 11) is 0. The van der Waals surface area contributed by atoms with Crippen molar-refractivity contribution in [3.63, 3.8) is 0 Å². The van der Waals surface area contributed by atoms with Crippen LogP contribution in [0.25, 0.3) is 10.2 Å². The van der Waals surface area contributed by atoms with Gasteiger partial charge in [0.25, 0.3) is 0 Å². The van der Waals surface area contributed by atoms with Crippen LogP contribution >= 0.6 is 11.3 Å². The molecule has 0 N–H and O–H groups in total. The first kappa shape index (κ1) is 28.1. The largest absolute Gasteiger partial charge is 0.490 e. The molecule has 6 nitrogen and oxygen atoms in total. The minimum atomic E-state index is -5.01. The second-order valence-electron chi connectivity index (χ2n) is 9.19. The van der Waals surface area contributed by atoms with Gasteiger partial charge in [-0.25, -0.2) is 9.59 Å². The standard InChI is InChI=1S/C24H34F3NO5S/c1-5-6-7-8-9-10-14-31-22-28-19-17(20(29)32-22)15-18(34-19)16(2)12-11-13-23(3,4)33-21(30)24(25,26)27/h15-16H,5-14H2,1-4H3. The normalized spacial score (nSPS) is 13.3. The Kier molecular flexibility index (Phi) is 10.4. The molecule has 1 unspecified atom stereocenters. The van der Waals surface area contributed by atoms with Gasteiger partial charge in [-0.15, -0.1) is 11.3 Å². The molecule has 0 amide bonds. The van der Waals surface area contributed by atoms with Crippen molar-refractivity contribution in [1.29, 1.82) is 0 Å². The number of ether oxygens (including phenoxy) is 2. The van der Waals surface area contributed by atoms with Crippen LogP contribution in [-0.2, 0) is 9.53 Å². The van der Waals surface area contributed by atoms with Crippen LogP contribution in [0.1, 0.15) is 96.3 Å². The average Bonchev–Trinajstić information content (AvgIpc) is 3.17. The highest BCUT2D eigenvalue weighted by Gasteiger charge is 2.43. The molecular formula is C24H34F3NO5S. The minimum Gasteiger partial charge on any atom is -0.453 e. The van der Waals surface area contributed by atoms with Crippen LogP contribution in [0, 0.1) is 0 Å². The molecule has 0 saturated carbocycles. The van der Waals surface area contributed by atoms with Crippen LogP contribution < -0.4 is 10.4 Å². The summed E-state index contributed by atoms with van der Waals surface area (Å²) in [5.74, 6) is -2.14. The number of aromatic nitrogens is 1. The lowest BCUT2D eigenvalue weighted by atomic mass is 9.95. The third-order valence-corrected chi connectivity index (χ3v) is 6.81. The van der Waals surface area contributed by atoms with Gasteiger partial charge < -0.3 is 13.9 Å². The number of carbonyl (C=O) groups is 1. The van der Waals surface area contributed by atoms with E-state index < -0.39 is 23.4 Å². The summed E-state index contributed by atoms with van der Waals surface area (Å²) >= 11 is 1.37. The maximum Gasteiger partial charge on any atom is 0.490 e. The number of esters is 1. The Balaban J connectivity index is 1.89. The van der Waals surface area contributed by atoms with Crippen molar-refractivity contribution in [2.75, 3.05) is 6.61 Å². The molecule has 0 aromatic carbocycles. The zero-order chi connectivity index (χ0) is 25.4. The zero-order valence-electron chi connectivity index (χ0n) is 20.3. The average molecular weight is 506 g/mol. The Morgan fingerprint density at radius 3 is 2.50 bits per heavy atom. The predicted octanol–water partition coefficient (Wildman–Crippen LogP) is 7.15. The van der Waals surface area contributed by atoms with Gasteiger partial charge in [-0.2, -0.15) is 18.2 Å². The number of nitrogens with zero attached hydrogens (tertiary/aromatic N) is 1. The maximum atomic E-state index is 12.4. The van der Waals surface area contributed by atoms with Crippen LogP contribution in [0.15, 0.2) is 15.3 Å². The molecule has 0 saturated heterocycles. The van der Waals surface area contributed by atoms with E-state index in [9.17, 15) is 22.8 Å². The first-order chi connectivity index (χ1) is 15.9. The van der Waals surface area contributed by atoms with Crippen LogP contribution in [-0.4, -0.2) is 29.3 Å². The molecule has 34 heavy (non-hydrogen) atoms. The van der Waals surface area contributed by atoms with Gasteiger partial charge in [0.1, 0.15) is 10.4 Å². The lowest BCUT2D eigenvalue weighted by molar-refractivity contribution is -0.212. The van der Waals surface area contributed by atoms with E-state index in [4.69, 9.17) is 9.15 Å².